The number of likely N-dealkylation sites (tertiary alicyclic amines) is 1. The monoisotopic (exact) mass is 547 g/mol. The smallest absolute Gasteiger partial charge is 0.236 e. The molecule has 0 saturated carbocycles. The summed E-state index contributed by atoms with van der Waals surface area (Å²) in [6.45, 7) is 8.95. The van der Waals surface area contributed by atoms with Gasteiger partial charge in [0, 0.05) is 52.9 Å². The zero-order valence-corrected chi connectivity index (χ0v) is 20.9. The summed E-state index contributed by atoms with van der Waals surface area (Å²) < 4.78 is 18.8. The SMILES string of the molecule is CCNC(=NCC(OC)c1ccc(F)cc1)N1CCN(CC(=O)N2CCCC2)CC1.I. The number of carbonyl (C=O) groups excluding carboxylic acids is 1. The minimum atomic E-state index is -0.258. The fourth-order valence-electron chi connectivity index (χ4n) is 3.96. The van der Waals surface area contributed by atoms with Gasteiger partial charge >= 0.3 is 0 Å². The summed E-state index contributed by atoms with van der Waals surface area (Å²) in [4.78, 5) is 23.6. The average Bonchev–Trinajstić information content (AvgIpc) is 3.30. The number of hydrogen-bond donors (Lipinski definition) is 1. The lowest BCUT2D eigenvalue weighted by molar-refractivity contribution is -0.131. The fraction of sp³-hybridized carbons (Fsp3) is 0.636. The number of methoxy groups -OCH3 is 1. The van der Waals surface area contributed by atoms with Gasteiger partial charge in [0.15, 0.2) is 5.96 Å². The van der Waals surface area contributed by atoms with Crippen LogP contribution in [0, 0.1) is 5.82 Å². The maximum absolute atomic E-state index is 13.2. The van der Waals surface area contributed by atoms with E-state index < -0.39 is 0 Å². The molecule has 0 aromatic heterocycles. The number of benzene rings is 1. The summed E-state index contributed by atoms with van der Waals surface area (Å²) in [7, 11) is 1.65. The van der Waals surface area contributed by atoms with E-state index in [4.69, 9.17) is 9.73 Å². The van der Waals surface area contributed by atoms with Gasteiger partial charge in [0.2, 0.25) is 5.91 Å². The highest BCUT2D eigenvalue weighted by molar-refractivity contribution is 14.0. The molecule has 0 aliphatic carbocycles. The molecule has 31 heavy (non-hydrogen) atoms. The Morgan fingerprint density at radius 3 is 2.32 bits per heavy atom. The van der Waals surface area contributed by atoms with Crippen LogP contribution < -0.4 is 5.32 Å². The Balaban J connectivity index is 0.00000341. The van der Waals surface area contributed by atoms with Crippen LogP contribution in [0.25, 0.3) is 0 Å². The molecule has 1 amide bonds. The van der Waals surface area contributed by atoms with Crippen molar-refractivity contribution >= 4 is 35.8 Å². The van der Waals surface area contributed by atoms with E-state index in [-0.39, 0.29) is 41.8 Å². The van der Waals surface area contributed by atoms with Gasteiger partial charge in [-0.2, -0.15) is 0 Å². The van der Waals surface area contributed by atoms with Crippen LogP contribution in [0.2, 0.25) is 0 Å². The van der Waals surface area contributed by atoms with Crippen molar-refractivity contribution in [1.82, 2.24) is 20.0 Å². The number of nitrogens with one attached hydrogen (secondary N) is 1. The van der Waals surface area contributed by atoms with Crippen LogP contribution >= 0.6 is 24.0 Å². The highest BCUT2D eigenvalue weighted by atomic mass is 127. The predicted molar refractivity (Wildman–Crippen MR) is 131 cm³/mol. The second-order valence-electron chi connectivity index (χ2n) is 7.82. The number of hydrogen-bond acceptors (Lipinski definition) is 4. The highest BCUT2D eigenvalue weighted by Crippen LogP contribution is 2.18. The molecule has 0 spiro atoms. The van der Waals surface area contributed by atoms with E-state index in [1.165, 1.54) is 12.1 Å². The summed E-state index contributed by atoms with van der Waals surface area (Å²) in [5.41, 5.74) is 0.906. The molecule has 1 aromatic rings. The number of rotatable bonds is 7. The van der Waals surface area contributed by atoms with Crippen LogP contribution in [0.1, 0.15) is 31.4 Å². The molecule has 2 heterocycles. The van der Waals surface area contributed by atoms with Crippen LogP contribution in [0.5, 0.6) is 0 Å². The molecule has 0 bridgehead atoms. The number of halogens is 2. The quantitative estimate of drug-likeness (QED) is 0.323. The van der Waals surface area contributed by atoms with E-state index in [0.717, 1.165) is 70.2 Å². The number of guanidine groups is 1. The first-order valence-corrected chi connectivity index (χ1v) is 10.9. The number of ether oxygens (including phenoxy) is 1. The Morgan fingerprint density at radius 2 is 1.74 bits per heavy atom. The lowest BCUT2D eigenvalue weighted by atomic mass is 10.1. The van der Waals surface area contributed by atoms with Crippen molar-refractivity contribution in [2.75, 3.05) is 66.0 Å². The third-order valence-corrected chi connectivity index (χ3v) is 5.76. The minimum absolute atomic E-state index is 0. The Kier molecular flexibility index (Phi) is 11.0. The molecule has 1 aromatic carbocycles. The van der Waals surface area contributed by atoms with Gasteiger partial charge in [0.05, 0.1) is 13.1 Å². The third kappa shape index (κ3) is 7.57. The molecule has 174 valence electrons. The molecule has 2 aliphatic rings. The van der Waals surface area contributed by atoms with Crippen molar-refractivity contribution in [2.24, 2.45) is 4.99 Å². The van der Waals surface area contributed by atoms with Crippen LogP contribution in [-0.2, 0) is 9.53 Å². The van der Waals surface area contributed by atoms with Crippen molar-refractivity contribution in [3.05, 3.63) is 35.6 Å². The van der Waals surface area contributed by atoms with Gasteiger partial charge in [-0.3, -0.25) is 14.7 Å². The van der Waals surface area contributed by atoms with Gasteiger partial charge in [-0.25, -0.2) is 4.39 Å². The molecular formula is C22H35FIN5O2. The van der Waals surface area contributed by atoms with E-state index in [1.54, 1.807) is 19.2 Å². The van der Waals surface area contributed by atoms with E-state index in [2.05, 4.69) is 15.1 Å². The molecule has 1 unspecified atom stereocenters. The van der Waals surface area contributed by atoms with Crippen molar-refractivity contribution in [1.29, 1.82) is 0 Å². The molecular weight excluding hydrogens is 512 g/mol. The Bertz CT molecular complexity index is 704. The average molecular weight is 547 g/mol. The third-order valence-electron chi connectivity index (χ3n) is 5.76. The lowest BCUT2D eigenvalue weighted by Gasteiger charge is -2.36. The van der Waals surface area contributed by atoms with Crippen molar-refractivity contribution in [3.63, 3.8) is 0 Å². The van der Waals surface area contributed by atoms with Gasteiger partial charge in [-0.15, -0.1) is 24.0 Å². The number of carbonyl (C=O) groups is 1. The maximum atomic E-state index is 13.2. The lowest BCUT2D eigenvalue weighted by Crippen LogP contribution is -2.54. The molecule has 9 heteroatoms. The molecule has 0 radical (unpaired) electrons. The minimum Gasteiger partial charge on any atom is -0.375 e. The van der Waals surface area contributed by atoms with E-state index in [0.29, 0.717) is 13.1 Å². The van der Waals surface area contributed by atoms with E-state index in [9.17, 15) is 9.18 Å². The van der Waals surface area contributed by atoms with Crippen LogP contribution in [0.15, 0.2) is 29.3 Å². The zero-order valence-electron chi connectivity index (χ0n) is 18.6. The normalized spacial score (nSPS) is 18.6. The molecule has 2 fully saturated rings. The molecule has 7 nitrogen and oxygen atoms in total. The summed E-state index contributed by atoms with van der Waals surface area (Å²) >= 11 is 0. The molecule has 1 N–H and O–H groups in total. The number of aliphatic imine (C=N–C) groups is 1. The summed E-state index contributed by atoms with van der Waals surface area (Å²) in [5.74, 6) is 0.850. The second kappa shape index (κ2) is 13.2. The predicted octanol–water partition coefficient (Wildman–Crippen LogP) is 2.34. The standard InChI is InChI=1S/C22H34FN5O2.HI/c1-3-24-22(25-16-20(30-2)18-6-8-19(23)9-7-18)28-14-12-26(13-15-28)17-21(29)27-10-4-5-11-27;/h6-9,20H,3-5,10-17H2,1-2H3,(H,24,25);1H. The number of nitrogens with zero attached hydrogens (tertiary/aromatic N) is 4. The molecule has 2 saturated heterocycles. The van der Waals surface area contributed by atoms with Gasteiger partial charge in [0.1, 0.15) is 11.9 Å². The highest BCUT2D eigenvalue weighted by Gasteiger charge is 2.24. The van der Waals surface area contributed by atoms with E-state index >= 15 is 0 Å². The summed E-state index contributed by atoms with van der Waals surface area (Å²) in [6.07, 6.45) is 2.03. The van der Waals surface area contributed by atoms with Crippen LogP contribution in [0.3, 0.4) is 0 Å². The second-order valence-corrected chi connectivity index (χ2v) is 7.82. The first kappa shape index (κ1) is 25.8. The summed E-state index contributed by atoms with van der Waals surface area (Å²) in [5, 5.41) is 3.36. The van der Waals surface area contributed by atoms with Crippen LogP contribution in [-0.4, -0.2) is 92.6 Å². The zero-order chi connectivity index (χ0) is 21.3. The topological polar surface area (TPSA) is 60.4 Å². The van der Waals surface area contributed by atoms with Gasteiger partial charge in [0.25, 0.3) is 0 Å². The van der Waals surface area contributed by atoms with E-state index in [1.807, 2.05) is 11.8 Å². The molecule has 2 aliphatic heterocycles. The molecule has 3 rings (SSSR count). The largest absolute Gasteiger partial charge is 0.375 e. The van der Waals surface area contributed by atoms with Crippen molar-refractivity contribution in [3.8, 4) is 0 Å². The maximum Gasteiger partial charge on any atom is 0.236 e. The van der Waals surface area contributed by atoms with Gasteiger partial charge in [-0.1, -0.05) is 12.1 Å². The fourth-order valence-corrected chi connectivity index (χ4v) is 3.96. The first-order chi connectivity index (χ1) is 14.6. The first-order valence-electron chi connectivity index (χ1n) is 10.9. The summed E-state index contributed by atoms with van der Waals surface area (Å²) in [6, 6.07) is 6.36. The Labute approximate surface area is 202 Å². The van der Waals surface area contributed by atoms with Crippen molar-refractivity contribution in [2.45, 2.75) is 25.9 Å². The number of piperazine rings is 1. The van der Waals surface area contributed by atoms with Gasteiger partial charge < -0.3 is 19.9 Å². The van der Waals surface area contributed by atoms with Crippen LogP contribution in [0.4, 0.5) is 4.39 Å². The van der Waals surface area contributed by atoms with Crippen molar-refractivity contribution < 1.29 is 13.9 Å². The van der Waals surface area contributed by atoms with Gasteiger partial charge in [-0.05, 0) is 37.5 Å². The number of amides is 1. The Hall–Kier alpha value is -1.46. The Morgan fingerprint density at radius 1 is 1.10 bits per heavy atom. The molecule has 1 atom stereocenters.